The number of aromatic nitrogens is 1. The summed E-state index contributed by atoms with van der Waals surface area (Å²) in [6, 6.07) is 21.3. The molecule has 2 N–H and O–H groups in total. The number of halogens is 1. The van der Waals surface area contributed by atoms with Crippen molar-refractivity contribution < 1.29 is 14.3 Å². The SMILES string of the molecule is COc1cccc(C(CNC(=O)Cc2ccccc2Cl)c2c[nH]c3ccccc23)c1OC. The van der Waals surface area contributed by atoms with Crippen LogP contribution in [0.2, 0.25) is 5.02 Å². The van der Waals surface area contributed by atoms with E-state index in [1.54, 1.807) is 20.3 Å². The maximum Gasteiger partial charge on any atom is 0.224 e. The molecule has 4 aromatic rings. The van der Waals surface area contributed by atoms with Gasteiger partial charge in [0.15, 0.2) is 11.5 Å². The van der Waals surface area contributed by atoms with Crippen molar-refractivity contribution in [2.45, 2.75) is 12.3 Å². The molecule has 32 heavy (non-hydrogen) atoms. The summed E-state index contributed by atoms with van der Waals surface area (Å²) in [5.41, 5.74) is 3.85. The number of carbonyl (C=O) groups excluding carboxylic acids is 1. The highest BCUT2D eigenvalue weighted by Gasteiger charge is 2.24. The van der Waals surface area contributed by atoms with E-state index in [9.17, 15) is 4.79 Å². The average Bonchev–Trinajstić information content (AvgIpc) is 3.24. The zero-order valence-electron chi connectivity index (χ0n) is 18.0. The summed E-state index contributed by atoms with van der Waals surface area (Å²) in [5.74, 6) is 1.07. The van der Waals surface area contributed by atoms with Crippen LogP contribution in [-0.4, -0.2) is 31.7 Å². The monoisotopic (exact) mass is 448 g/mol. The van der Waals surface area contributed by atoms with Crippen LogP contribution >= 0.6 is 11.6 Å². The Morgan fingerprint density at radius 2 is 1.75 bits per heavy atom. The Morgan fingerprint density at radius 3 is 2.53 bits per heavy atom. The number of hydrogen-bond acceptors (Lipinski definition) is 3. The molecular weight excluding hydrogens is 424 g/mol. The molecule has 0 saturated carbocycles. The first kappa shape index (κ1) is 21.8. The van der Waals surface area contributed by atoms with Gasteiger partial charge in [-0.25, -0.2) is 0 Å². The summed E-state index contributed by atoms with van der Waals surface area (Å²) < 4.78 is 11.2. The van der Waals surface area contributed by atoms with Crippen LogP contribution in [0.4, 0.5) is 0 Å². The fourth-order valence-corrected chi connectivity index (χ4v) is 4.25. The zero-order chi connectivity index (χ0) is 22.5. The number of rotatable bonds is 8. The number of carbonyl (C=O) groups is 1. The van der Waals surface area contributed by atoms with Gasteiger partial charge in [-0.15, -0.1) is 0 Å². The number of aromatic amines is 1. The minimum atomic E-state index is -0.147. The first-order valence-electron chi connectivity index (χ1n) is 10.4. The predicted octanol–water partition coefficient (Wildman–Crippen LogP) is 5.33. The molecule has 164 valence electrons. The van der Waals surface area contributed by atoms with E-state index in [4.69, 9.17) is 21.1 Å². The Hall–Kier alpha value is -3.44. The van der Waals surface area contributed by atoms with Crippen LogP contribution in [-0.2, 0) is 11.2 Å². The second-order valence-corrected chi connectivity index (χ2v) is 7.90. The van der Waals surface area contributed by atoms with Crippen molar-refractivity contribution in [1.29, 1.82) is 0 Å². The van der Waals surface area contributed by atoms with E-state index < -0.39 is 0 Å². The van der Waals surface area contributed by atoms with Crippen molar-refractivity contribution in [3.05, 3.63) is 94.6 Å². The zero-order valence-corrected chi connectivity index (χ0v) is 18.8. The number of benzene rings is 3. The van der Waals surface area contributed by atoms with E-state index in [1.165, 1.54) is 0 Å². The van der Waals surface area contributed by atoms with E-state index in [0.717, 1.165) is 27.6 Å². The molecule has 0 spiro atoms. The number of methoxy groups -OCH3 is 2. The molecule has 4 rings (SSSR count). The van der Waals surface area contributed by atoms with Gasteiger partial charge in [0.25, 0.3) is 0 Å². The molecule has 0 aliphatic heterocycles. The van der Waals surface area contributed by atoms with Gasteiger partial charge in [0.2, 0.25) is 5.91 Å². The van der Waals surface area contributed by atoms with Crippen LogP contribution in [0.25, 0.3) is 10.9 Å². The molecule has 1 atom stereocenters. The van der Waals surface area contributed by atoms with Gasteiger partial charge in [-0.05, 0) is 29.3 Å². The Kier molecular flexibility index (Phi) is 6.66. The Labute approximate surface area is 192 Å². The molecule has 3 aromatic carbocycles. The van der Waals surface area contributed by atoms with E-state index >= 15 is 0 Å². The van der Waals surface area contributed by atoms with E-state index in [-0.39, 0.29) is 18.2 Å². The van der Waals surface area contributed by atoms with Crippen LogP contribution in [0.5, 0.6) is 11.5 Å². The molecule has 5 nitrogen and oxygen atoms in total. The van der Waals surface area contributed by atoms with Crippen molar-refractivity contribution in [3.63, 3.8) is 0 Å². The minimum absolute atomic E-state index is 0.0928. The van der Waals surface area contributed by atoms with Gasteiger partial charge < -0.3 is 19.8 Å². The fourth-order valence-electron chi connectivity index (χ4n) is 4.05. The minimum Gasteiger partial charge on any atom is -0.493 e. The molecule has 0 aliphatic carbocycles. The summed E-state index contributed by atoms with van der Waals surface area (Å²) in [5, 5.41) is 4.78. The van der Waals surface area contributed by atoms with Crippen LogP contribution in [0.15, 0.2) is 72.9 Å². The molecule has 0 saturated heterocycles. The average molecular weight is 449 g/mol. The van der Waals surface area contributed by atoms with Crippen molar-refractivity contribution in [1.82, 2.24) is 10.3 Å². The van der Waals surface area contributed by atoms with E-state index in [2.05, 4.69) is 16.4 Å². The third kappa shape index (κ3) is 4.43. The first-order valence-corrected chi connectivity index (χ1v) is 10.8. The van der Waals surface area contributed by atoms with Crippen LogP contribution < -0.4 is 14.8 Å². The highest BCUT2D eigenvalue weighted by atomic mass is 35.5. The van der Waals surface area contributed by atoms with Crippen LogP contribution in [0.3, 0.4) is 0 Å². The topological polar surface area (TPSA) is 63.3 Å². The maximum absolute atomic E-state index is 12.8. The van der Waals surface area contributed by atoms with Gasteiger partial charge in [-0.2, -0.15) is 0 Å². The summed E-state index contributed by atoms with van der Waals surface area (Å²) in [7, 11) is 3.25. The Morgan fingerprint density at radius 1 is 0.969 bits per heavy atom. The smallest absolute Gasteiger partial charge is 0.224 e. The predicted molar refractivity (Wildman–Crippen MR) is 128 cm³/mol. The largest absolute Gasteiger partial charge is 0.493 e. The quantitative estimate of drug-likeness (QED) is 0.383. The fraction of sp³-hybridized carbons (Fsp3) is 0.192. The lowest BCUT2D eigenvalue weighted by molar-refractivity contribution is -0.120. The number of fused-ring (bicyclic) bond motifs is 1. The second-order valence-electron chi connectivity index (χ2n) is 7.50. The summed E-state index contributed by atoms with van der Waals surface area (Å²) in [6.07, 6.45) is 2.21. The number of hydrogen-bond donors (Lipinski definition) is 2. The number of para-hydroxylation sites is 2. The molecule has 6 heteroatoms. The van der Waals surface area contributed by atoms with Gasteiger partial charge in [-0.1, -0.05) is 60.1 Å². The molecule has 0 fully saturated rings. The lowest BCUT2D eigenvalue weighted by Gasteiger charge is -2.22. The number of nitrogens with one attached hydrogen (secondary N) is 2. The van der Waals surface area contributed by atoms with Gasteiger partial charge in [0, 0.05) is 40.1 Å². The van der Waals surface area contributed by atoms with Gasteiger partial charge in [-0.3, -0.25) is 4.79 Å². The molecule has 1 aromatic heterocycles. The molecule has 1 amide bonds. The van der Waals surface area contributed by atoms with Gasteiger partial charge in [0.1, 0.15) is 0 Å². The number of ether oxygens (including phenoxy) is 2. The highest BCUT2D eigenvalue weighted by molar-refractivity contribution is 6.31. The Balaban J connectivity index is 1.67. The maximum atomic E-state index is 12.8. The molecule has 1 unspecified atom stereocenters. The highest BCUT2D eigenvalue weighted by Crippen LogP contribution is 2.40. The molecule has 0 aliphatic rings. The lowest BCUT2D eigenvalue weighted by Crippen LogP contribution is -2.30. The molecule has 0 radical (unpaired) electrons. The number of amides is 1. The van der Waals surface area contributed by atoms with Gasteiger partial charge in [0.05, 0.1) is 20.6 Å². The van der Waals surface area contributed by atoms with Crippen molar-refractivity contribution >= 4 is 28.4 Å². The molecular formula is C26H25ClN2O3. The summed E-state index contributed by atoms with van der Waals surface area (Å²) >= 11 is 6.23. The van der Waals surface area contributed by atoms with Crippen molar-refractivity contribution in [2.24, 2.45) is 0 Å². The summed E-state index contributed by atoms with van der Waals surface area (Å²) in [6.45, 7) is 0.397. The molecule has 1 heterocycles. The number of H-pyrrole nitrogens is 1. The third-order valence-corrected chi connectivity index (χ3v) is 5.99. The first-order chi connectivity index (χ1) is 15.6. The van der Waals surface area contributed by atoms with E-state index in [0.29, 0.717) is 23.1 Å². The van der Waals surface area contributed by atoms with Gasteiger partial charge >= 0.3 is 0 Å². The van der Waals surface area contributed by atoms with Crippen molar-refractivity contribution in [2.75, 3.05) is 20.8 Å². The molecule has 0 bridgehead atoms. The Bertz CT molecular complexity index is 1230. The lowest BCUT2D eigenvalue weighted by atomic mass is 9.89. The normalized spacial score (nSPS) is 11.8. The second kappa shape index (κ2) is 9.79. The van der Waals surface area contributed by atoms with E-state index in [1.807, 2.05) is 60.8 Å². The van der Waals surface area contributed by atoms with Crippen molar-refractivity contribution in [3.8, 4) is 11.5 Å². The standard InChI is InChI=1S/C26H25ClN2O3/c1-31-24-13-7-10-19(26(24)32-2)21(20-15-28-23-12-6-4-9-18(20)23)16-29-25(30)14-17-8-3-5-11-22(17)27/h3-13,15,21,28H,14,16H2,1-2H3,(H,29,30). The summed E-state index contributed by atoms with van der Waals surface area (Å²) in [4.78, 5) is 16.1. The third-order valence-electron chi connectivity index (χ3n) is 5.62. The van der Waals surface area contributed by atoms with Crippen LogP contribution in [0, 0.1) is 0 Å². The van der Waals surface area contributed by atoms with Crippen LogP contribution in [0.1, 0.15) is 22.6 Å².